The van der Waals surface area contributed by atoms with E-state index < -0.39 is 0 Å². The highest BCUT2D eigenvalue weighted by Gasteiger charge is 2.18. The highest BCUT2D eigenvalue weighted by atomic mass is 35.5. The number of morpholine rings is 1. The summed E-state index contributed by atoms with van der Waals surface area (Å²) in [5, 5.41) is 5.29. The van der Waals surface area contributed by atoms with E-state index in [0.29, 0.717) is 24.8 Å². The second-order valence-corrected chi connectivity index (χ2v) is 7.50. The molecule has 3 aromatic rings. The van der Waals surface area contributed by atoms with Crippen LogP contribution in [0, 0.1) is 5.82 Å². The van der Waals surface area contributed by atoms with Gasteiger partial charge in [0.1, 0.15) is 11.6 Å². The van der Waals surface area contributed by atoms with E-state index in [0.717, 1.165) is 40.9 Å². The molecule has 146 valence electrons. The van der Waals surface area contributed by atoms with Crippen molar-refractivity contribution in [1.82, 2.24) is 10.3 Å². The Morgan fingerprint density at radius 1 is 1.14 bits per heavy atom. The molecule has 0 aliphatic carbocycles. The molecule has 1 aromatic heterocycles. The zero-order chi connectivity index (χ0) is 19.5. The third-order valence-electron chi connectivity index (χ3n) is 5.12. The molecule has 1 saturated heterocycles. The van der Waals surface area contributed by atoms with E-state index in [1.54, 1.807) is 0 Å². The van der Waals surface area contributed by atoms with Crippen LogP contribution in [0.1, 0.15) is 24.1 Å². The molecular weight excluding hydrogens is 377 g/mol. The van der Waals surface area contributed by atoms with E-state index in [1.807, 2.05) is 30.3 Å². The molecule has 1 N–H and O–H groups in total. The van der Waals surface area contributed by atoms with Crippen molar-refractivity contribution in [2.45, 2.75) is 19.5 Å². The Labute approximate surface area is 169 Å². The van der Waals surface area contributed by atoms with E-state index in [4.69, 9.17) is 21.3 Å². The number of benzene rings is 2. The van der Waals surface area contributed by atoms with Gasteiger partial charge in [-0.2, -0.15) is 0 Å². The number of halogens is 2. The first-order valence-electron chi connectivity index (χ1n) is 9.51. The minimum atomic E-state index is -0.219. The molecule has 0 amide bonds. The number of anilines is 1. The lowest BCUT2D eigenvalue weighted by molar-refractivity contribution is 0.122. The van der Waals surface area contributed by atoms with E-state index in [1.165, 1.54) is 12.1 Å². The lowest BCUT2D eigenvalue weighted by Gasteiger charge is -2.30. The van der Waals surface area contributed by atoms with E-state index in [9.17, 15) is 4.39 Å². The largest absolute Gasteiger partial charge is 0.378 e. The quantitative estimate of drug-likeness (QED) is 0.674. The van der Waals surface area contributed by atoms with Gasteiger partial charge >= 0.3 is 0 Å². The van der Waals surface area contributed by atoms with Crippen molar-refractivity contribution < 1.29 is 9.13 Å². The van der Waals surface area contributed by atoms with Crippen LogP contribution < -0.4 is 10.2 Å². The van der Waals surface area contributed by atoms with Gasteiger partial charge in [-0.15, -0.1) is 0 Å². The second-order valence-electron chi connectivity index (χ2n) is 7.06. The summed E-state index contributed by atoms with van der Waals surface area (Å²) >= 11 is 6.17. The van der Waals surface area contributed by atoms with Crippen molar-refractivity contribution in [2.75, 3.05) is 31.2 Å². The zero-order valence-electron chi connectivity index (χ0n) is 15.8. The SMILES string of the molecule is CC(NCc1cc2ccc(Cl)cc2nc1N1CCOCC1)c1ccc(F)cc1. The minimum absolute atomic E-state index is 0.0963. The molecule has 0 saturated carbocycles. The fourth-order valence-electron chi connectivity index (χ4n) is 3.49. The molecule has 28 heavy (non-hydrogen) atoms. The lowest BCUT2D eigenvalue weighted by atomic mass is 10.1. The summed E-state index contributed by atoms with van der Waals surface area (Å²) in [6.45, 7) is 5.79. The van der Waals surface area contributed by atoms with Crippen molar-refractivity contribution in [1.29, 1.82) is 0 Å². The third-order valence-corrected chi connectivity index (χ3v) is 5.35. The van der Waals surface area contributed by atoms with Crippen molar-refractivity contribution in [2.24, 2.45) is 0 Å². The summed E-state index contributed by atoms with van der Waals surface area (Å²) in [5.74, 6) is 0.750. The normalized spacial score (nSPS) is 15.8. The molecule has 0 spiro atoms. The zero-order valence-corrected chi connectivity index (χ0v) is 16.5. The number of aromatic nitrogens is 1. The second kappa shape index (κ2) is 8.43. The number of rotatable bonds is 5. The van der Waals surface area contributed by atoms with Gasteiger partial charge in [-0.25, -0.2) is 9.37 Å². The summed E-state index contributed by atoms with van der Waals surface area (Å²) in [5.41, 5.74) is 3.07. The first-order chi connectivity index (χ1) is 13.6. The van der Waals surface area contributed by atoms with Gasteiger partial charge in [0.05, 0.1) is 18.7 Å². The summed E-state index contributed by atoms with van der Waals surface area (Å²) in [7, 11) is 0. The Balaban J connectivity index is 1.61. The summed E-state index contributed by atoms with van der Waals surface area (Å²) in [6.07, 6.45) is 0. The lowest BCUT2D eigenvalue weighted by Crippen LogP contribution is -2.37. The topological polar surface area (TPSA) is 37.4 Å². The first-order valence-corrected chi connectivity index (χ1v) is 9.89. The molecule has 2 heterocycles. The number of nitrogens with one attached hydrogen (secondary N) is 1. The molecule has 0 bridgehead atoms. The predicted molar refractivity (Wildman–Crippen MR) is 111 cm³/mol. The van der Waals surface area contributed by atoms with Crippen molar-refractivity contribution in [3.05, 3.63) is 70.5 Å². The van der Waals surface area contributed by atoms with Crippen LogP contribution >= 0.6 is 11.6 Å². The van der Waals surface area contributed by atoms with Gasteiger partial charge in [-0.05, 0) is 42.8 Å². The highest BCUT2D eigenvalue weighted by Crippen LogP contribution is 2.27. The van der Waals surface area contributed by atoms with Crippen LogP contribution in [0.15, 0.2) is 48.5 Å². The van der Waals surface area contributed by atoms with E-state index in [-0.39, 0.29) is 11.9 Å². The van der Waals surface area contributed by atoms with Gasteiger partial charge in [0, 0.05) is 41.6 Å². The molecule has 4 nitrogen and oxygen atoms in total. The standard InChI is InChI=1S/C22H23ClFN3O/c1-15(16-3-6-20(24)7-4-16)25-14-18-12-17-2-5-19(23)13-21(17)26-22(18)27-8-10-28-11-9-27/h2-7,12-13,15,25H,8-11,14H2,1H3. The van der Waals surface area contributed by atoms with Gasteiger partial charge in [0.15, 0.2) is 0 Å². The predicted octanol–water partition coefficient (Wildman–Crippen LogP) is 4.71. The Bertz CT molecular complexity index is 958. The molecule has 6 heteroatoms. The smallest absolute Gasteiger partial charge is 0.133 e. The molecule has 0 radical (unpaired) electrons. The van der Waals surface area contributed by atoms with Crippen LogP contribution in [-0.2, 0) is 11.3 Å². The molecule has 1 atom stereocenters. The van der Waals surface area contributed by atoms with Crippen molar-refractivity contribution in [3.8, 4) is 0 Å². The Hall–Kier alpha value is -2.21. The van der Waals surface area contributed by atoms with Crippen molar-refractivity contribution in [3.63, 3.8) is 0 Å². The Morgan fingerprint density at radius 2 is 1.89 bits per heavy atom. The maximum Gasteiger partial charge on any atom is 0.133 e. The fourth-order valence-corrected chi connectivity index (χ4v) is 3.65. The molecule has 4 rings (SSSR count). The average molecular weight is 400 g/mol. The monoisotopic (exact) mass is 399 g/mol. The van der Waals surface area contributed by atoms with Gasteiger partial charge in [-0.1, -0.05) is 29.8 Å². The van der Waals surface area contributed by atoms with Crippen LogP contribution in [0.2, 0.25) is 5.02 Å². The maximum atomic E-state index is 13.2. The van der Waals surface area contributed by atoms with E-state index in [2.05, 4.69) is 23.2 Å². The van der Waals surface area contributed by atoms with Gasteiger partial charge < -0.3 is 15.0 Å². The van der Waals surface area contributed by atoms with Crippen LogP contribution in [-0.4, -0.2) is 31.3 Å². The van der Waals surface area contributed by atoms with Crippen LogP contribution in [0.3, 0.4) is 0 Å². The highest BCUT2D eigenvalue weighted by molar-refractivity contribution is 6.31. The number of ether oxygens (including phenoxy) is 1. The molecule has 1 fully saturated rings. The summed E-state index contributed by atoms with van der Waals surface area (Å²) in [6, 6.07) is 14.7. The van der Waals surface area contributed by atoms with Crippen LogP contribution in [0.4, 0.5) is 10.2 Å². The number of hydrogen-bond donors (Lipinski definition) is 1. The number of nitrogens with zero attached hydrogens (tertiary/aromatic N) is 2. The minimum Gasteiger partial charge on any atom is -0.378 e. The molecule has 1 unspecified atom stereocenters. The van der Waals surface area contributed by atoms with Gasteiger partial charge in [0.2, 0.25) is 0 Å². The van der Waals surface area contributed by atoms with Crippen molar-refractivity contribution >= 4 is 28.3 Å². The number of hydrogen-bond acceptors (Lipinski definition) is 4. The Morgan fingerprint density at radius 3 is 2.64 bits per heavy atom. The third kappa shape index (κ3) is 4.27. The summed E-state index contributed by atoms with van der Waals surface area (Å²) < 4.78 is 18.7. The molecule has 1 aliphatic heterocycles. The molecule has 1 aliphatic rings. The first kappa shape index (κ1) is 19.1. The fraction of sp³-hybridized carbons (Fsp3) is 0.318. The van der Waals surface area contributed by atoms with Crippen LogP contribution in [0.25, 0.3) is 10.9 Å². The number of fused-ring (bicyclic) bond motifs is 1. The number of pyridine rings is 1. The summed E-state index contributed by atoms with van der Waals surface area (Å²) in [4.78, 5) is 7.19. The maximum absolute atomic E-state index is 13.2. The van der Waals surface area contributed by atoms with Gasteiger partial charge in [0.25, 0.3) is 0 Å². The molecular formula is C22H23ClFN3O. The molecule has 2 aromatic carbocycles. The Kier molecular flexibility index (Phi) is 5.76. The van der Waals surface area contributed by atoms with E-state index >= 15 is 0 Å². The average Bonchev–Trinajstić information content (AvgIpc) is 2.72. The van der Waals surface area contributed by atoms with Crippen LogP contribution in [0.5, 0.6) is 0 Å². The van der Waals surface area contributed by atoms with Gasteiger partial charge in [-0.3, -0.25) is 0 Å².